The van der Waals surface area contributed by atoms with Gasteiger partial charge in [0.1, 0.15) is 12.1 Å². The lowest BCUT2D eigenvalue weighted by Gasteiger charge is -2.48. The molecule has 0 spiro atoms. The molecular formula is C30H34N6O. The Kier molecular flexibility index (Phi) is 6.61. The number of anilines is 1. The van der Waals surface area contributed by atoms with Gasteiger partial charge in [-0.2, -0.15) is 10.4 Å². The summed E-state index contributed by atoms with van der Waals surface area (Å²) >= 11 is 0. The molecule has 3 heterocycles. The summed E-state index contributed by atoms with van der Waals surface area (Å²) in [5.74, 6) is 0. The first-order valence-electron chi connectivity index (χ1n) is 12.9. The summed E-state index contributed by atoms with van der Waals surface area (Å²) in [5, 5.41) is 13.9. The number of benzene rings is 2. The standard InChI is InChI=1S/C30H34N6O/c1-20-6-10-24(11-7-20)30(25-12-8-21(2)9-13-25)36-18-22(3)35(17-23(36)4)26-16-28(37)33(5)27-19-34(15-14-31)32-29(26)27/h6-13,16,19,22-23,30H,15,17-18H2,1-5H3/t22-,23+/m0/s1. The SMILES string of the molecule is Cc1ccc(C(c2ccc(C)cc2)N2C[C@H](C)N(c3cc(=O)n(C)c4cn(CC#N)nc34)C[C@H]2C)cc1. The van der Waals surface area contributed by atoms with Crippen molar-refractivity contribution in [1.29, 1.82) is 5.26 Å². The molecule has 5 rings (SSSR count). The molecule has 4 aromatic rings. The molecule has 0 radical (unpaired) electrons. The third-order valence-electron chi connectivity index (χ3n) is 7.63. The Hall–Kier alpha value is -3.89. The van der Waals surface area contributed by atoms with E-state index in [4.69, 9.17) is 5.26 Å². The van der Waals surface area contributed by atoms with Crippen LogP contribution in [-0.4, -0.2) is 44.4 Å². The van der Waals surface area contributed by atoms with E-state index in [1.165, 1.54) is 22.3 Å². The minimum absolute atomic E-state index is 0.0709. The van der Waals surface area contributed by atoms with Crippen LogP contribution in [0.2, 0.25) is 0 Å². The van der Waals surface area contributed by atoms with Gasteiger partial charge in [-0.3, -0.25) is 14.4 Å². The van der Waals surface area contributed by atoms with E-state index in [1.807, 2.05) is 0 Å². The Morgan fingerprint density at radius 3 is 2.14 bits per heavy atom. The van der Waals surface area contributed by atoms with Crippen LogP contribution in [0.1, 0.15) is 42.1 Å². The van der Waals surface area contributed by atoms with Crippen LogP contribution in [0.15, 0.2) is 65.6 Å². The molecule has 2 atom stereocenters. The second-order valence-corrected chi connectivity index (χ2v) is 10.4. The molecule has 7 nitrogen and oxygen atoms in total. The van der Waals surface area contributed by atoms with Gasteiger partial charge >= 0.3 is 0 Å². The number of aromatic nitrogens is 3. The van der Waals surface area contributed by atoms with Crippen LogP contribution < -0.4 is 10.5 Å². The molecule has 1 fully saturated rings. The molecule has 1 saturated heterocycles. The number of rotatable bonds is 5. The lowest BCUT2D eigenvalue weighted by Crippen LogP contribution is -2.57. The third kappa shape index (κ3) is 4.65. The number of hydrogen-bond acceptors (Lipinski definition) is 5. The van der Waals surface area contributed by atoms with Crippen molar-refractivity contribution >= 4 is 16.7 Å². The van der Waals surface area contributed by atoms with Crippen molar-refractivity contribution in [3.8, 4) is 6.07 Å². The maximum Gasteiger partial charge on any atom is 0.252 e. The van der Waals surface area contributed by atoms with Crippen LogP contribution in [0.25, 0.3) is 11.0 Å². The summed E-state index contributed by atoms with van der Waals surface area (Å²) in [4.78, 5) is 17.8. The van der Waals surface area contributed by atoms with Gasteiger partial charge in [-0.1, -0.05) is 59.7 Å². The van der Waals surface area contributed by atoms with Gasteiger partial charge in [0.15, 0.2) is 0 Å². The molecule has 2 aromatic carbocycles. The van der Waals surface area contributed by atoms with E-state index in [9.17, 15) is 4.79 Å². The number of hydrogen-bond donors (Lipinski definition) is 0. The van der Waals surface area contributed by atoms with E-state index in [0.717, 1.165) is 29.8 Å². The van der Waals surface area contributed by atoms with Crippen LogP contribution in [0.5, 0.6) is 0 Å². The summed E-state index contributed by atoms with van der Waals surface area (Å²) in [5.41, 5.74) is 7.36. The number of piperazine rings is 1. The number of fused-ring (bicyclic) bond motifs is 1. The van der Waals surface area contributed by atoms with E-state index >= 15 is 0 Å². The Labute approximate surface area is 218 Å². The topological polar surface area (TPSA) is 70.1 Å². The number of aryl methyl sites for hydroxylation is 3. The summed E-state index contributed by atoms with van der Waals surface area (Å²) in [6.07, 6.45) is 1.79. The summed E-state index contributed by atoms with van der Waals surface area (Å²) < 4.78 is 3.22. The average Bonchev–Trinajstić information content (AvgIpc) is 3.30. The van der Waals surface area contributed by atoms with Gasteiger partial charge in [0.2, 0.25) is 0 Å². The number of nitriles is 1. The molecule has 0 aliphatic carbocycles. The van der Waals surface area contributed by atoms with Crippen molar-refractivity contribution < 1.29 is 0 Å². The number of pyridine rings is 1. The average molecular weight is 495 g/mol. The second kappa shape index (κ2) is 9.87. The summed E-state index contributed by atoms with van der Waals surface area (Å²) in [7, 11) is 1.75. The Balaban J connectivity index is 1.53. The first-order chi connectivity index (χ1) is 17.8. The molecule has 0 unspecified atom stereocenters. The minimum atomic E-state index is -0.0709. The fourth-order valence-electron chi connectivity index (χ4n) is 5.53. The van der Waals surface area contributed by atoms with Crippen LogP contribution in [0.4, 0.5) is 5.69 Å². The monoisotopic (exact) mass is 494 g/mol. The fourth-order valence-corrected chi connectivity index (χ4v) is 5.53. The Bertz CT molecular complexity index is 1460. The smallest absolute Gasteiger partial charge is 0.252 e. The normalized spacial score (nSPS) is 18.5. The molecule has 0 N–H and O–H groups in total. The highest BCUT2D eigenvalue weighted by Crippen LogP contribution is 2.36. The molecule has 7 heteroatoms. The first kappa shape index (κ1) is 24.8. The Morgan fingerprint density at radius 1 is 0.973 bits per heavy atom. The van der Waals surface area contributed by atoms with Gasteiger partial charge in [-0.25, -0.2) is 0 Å². The summed E-state index contributed by atoms with van der Waals surface area (Å²) in [6, 6.07) is 22.1. The zero-order chi connectivity index (χ0) is 26.3. The molecule has 2 aromatic heterocycles. The maximum atomic E-state index is 12.9. The molecule has 0 saturated carbocycles. The van der Waals surface area contributed by atoms with E-state index < -0.39 is 0 Å². The van der Waals surface area contributed by atoms with Gasteiger partial charge in [0, 0.05) is 38.3 Å². The van der Waals surface area contributed by atoms with Crippen LogP contribution in [0, 0.1) is 25.2 Å². The minimum Gasteiger partial charge on any atom is -0.364 e. The molecule has 37 heavy (non-hydrogen) atoms. The fraction of sp³-hybridized carbons (Fsp3) is 0.367. The van der Waals surface area contributed by atoms with Crippen LogP contribution in [0.3, 0.4) is 0 Å². The molecule has 190 valence electrons. The van der Waals surface area contributed by atoms with E-state index in [2.05, 4.69) is 97.2 Å². The van der Waals surface area contributed by atoms with Crippen molar-refractivity contribution in [3.05, 3.63) is 93.4 Å². The molecular weight excluding hydrogens is 460 g/mol. The lowest BCUT2D eigenvalue weighted by molar-refractivity contribution is 0.130. The Morgan fingerprint density at radius 2 is 1.57 bits per heavy atom. The first-order valence-corrected chi connectivity index (χ1v) is 12.9. The second-order valence-electron chi connectivity index (χ2n) is 10.4. The van der Waals surface area contributed by atoms with Crippen molar-refractivity contribution in [1.82, 2.24) is 19.2 Å². The molecule has 0 bridgehead atoms. The predicted molar refractivity (Wildman–Crippen MR) is 148 cm³/mol. The van der Waals surface area contributed by atoms with E-state index in [0.29, 0.717) is 0 Å². The van der Waals surface area contributed by atoms with Crippen molar-refractivity contribution in [2.45, 2.75) is 52.4 Å². The zero-order valence-corrected chi connectivity index (χ0v) is 22.2. The van der Waals surface area contributed by atoms with E-state index in [1.54, 1.807) is 28.6 Å². The van der Waals surface area contributed by atoms with Gasteiger partial charge in [-0.15, -0.1) is 0 Å². The molecule has 0 amide bonds. The number of nitrogens with zero attached hydrogens (tertiary/aromatic N) is 6. The third-order valence-corrected chi connectivity index (χ3v) is 7.63. The highest BCUT2D eigenvalue weighted by Gasteiger charge is 2.36. The van der Waals surface area contributed by atoms with Gasteiger partial charge < -0.3 is 9.47 Å². The highest BCUT2D eigenvalue weighted by atomic mass is 16.1. The molecule has 1 aliphatic rings. The van der Waals surface area contributed by atoms with Crippen molar-refractivity contribution in [3.63, 3.8) is 0 Å². The molecule has 1 aliphatic heterocycles. The predicted octanol–water partition coefficient (Wildman–Crippen LogP) is 4.56. The van der Waals surface area contributed by atoms with Crippen molar-refractivity contribution in [2.24, 2.45) is 7.05 Å². The lowest BCUT2D eigenvalue weighted by atomic mass is 9.92. The zero-order valence-electron chi connectivity index (χ0n) is 22.2. The van der Waals surface area contributed by atoms with Crippen LogP contribution >= 0.6 is 0 Å². The van der Waals surface area contributed by atoms with Gasteiger partial charge in [-0.05, 0) is 38.8 Å². The van der Waals surface area contributed by atoms with Crippen molar-refractivity contribution in [2.75, 3.05) is 18.0 Å². The quantitative estimate of drug-likeness (QED) is 0.407. The maximum absolute atomic E-state index is 12.9. The van der Waals surface area contributed by atoms with Gasteiger partial charge in [0.05, 0.1) is 29.5 Å². The van der Waals surface area contributed by atoms with E-state index in [-0.39, 0.29) is 30.2 Å². The summed E-state index contributed by atoms with van der Waals surface area (Å²) in [6.45, 7) is 10.5. The van der Waals surface area contributed by atoms with Gasteiger partial charge in [0.25, 0.3) is 5.56 Å². The van der Waals surface area contributed by atoms with Crippen LogP contribution in [-0.2, 0) is 13.6 Å². The largest absolute Gasteiger partial charge is 0.364 e. The highest BCUT2D eigenvalue weighted by molar-refractivity contribution is 5.88.